The smallest absolute Gasteiger partial charge is 0.251 e. The Balaban J connectivity index is 1.73. The maximum absolute atomic E-state index is 12.6. The van der Waals surface area contributed by atoms with Crippen molar-refractivity contribution in [1.29, 1.82) is 0 Å². The SMILES string of the molecule is CCc1nc(NC(=O)CC(NC(=O)c2ccccc2)c2ccccc2)sc1C. The lowest BCUT2D eigenvalue weighted by Gasteiger charge is -2.19. The number of amides is 2. The molecule has 0 aliphatic rings. The van der Waals surface area contributed by atoms with Crippen LogP contribution in [0.4, 0.5) is 5.13 Å². The summed E-state index contributed by atoms with van der Waals surface area (Å²) >= 11 is 1.47. The first kappa shape index (κ1) is 19.8. The predicted molar refractivity (Wildman–Crippen MR) is 113 cm³/mol. The summed E-state index contributed by atoms with van der Waals surface area (Å²) in [6, 6.07) is 18.1. The largest absolute Gasteiger partial charge is 0.345 e. The number of thiazole rings is 1. The van der Waals surface area contributed by atoms with Gasteiger partial charge in [-0.2, -0.15) is 0 Å². The molecule has 1 unspecified atom stereocenters. The van der Waals surface area contributed by atoms with Gasteiger partial charge in [0.1, 0.15) is 0 Å². The van der Waals surface area contributed by atoms with Gasteiger partial charge in [0.2, 0.25) is 5.91 Å². The Hall–Kier alpha value is -2.99. The molecule has 1 aromatic heterocycles. The van der Waals surface area contributed by atoms with E-state index in [9.17, 15) is 9.59 Å². The van der Waals surface area contributed by atoms with E-state index in [1.807, 2.05) is 62.4 Å². The van der Waals surface area contributed by atoms with E-state index >= 15 is 0 Å². The predicted octanol–water partition coefficient (Wildman–Crippen LogP) is 4.51. The number of nitrogens with zero attached hydrogens (tertiary/aromatic N) is 1. The number of rotatable bonds is 7. The second kappa shape index (κ2) is 9.28. The van der Waals surface area contributed by atoms with Crippen molar-refractivity contribution in [3.05, 3.63) is 82.4 Å². The zero-order chi connectivity index (χ0) is 19.9. The van der Waals surface area contributed by atoms with Crippen LogP contribution >= 0.6 is 11.3 Å². The zero-order valence-corrected chi connectivity index (χ0v) is 16.8. The third-order valence-electron chi connectivity index (χ3n) is 4.41. The van der Waals surface area contributed by atoms with E-state index in [4.69, 9.17) is 0 Å². The highest BCUT2D eigenvalue weighted by Gasteiger charge is 2.20. The van der Waals surface area contributed by atoms with E-state index in [0.29, 0.717) is 10.7 Å². The molecule has 0 saturated heterocycles. The average Bonchev–Trinajstić information content (AvgIpc) is 3.07. The Labute approximate surface area is 168 Å². The summed E-state index contributed by atoms with van der Waals surface area (Å²) in [7, 11) is 0. The third kappa shape index (κ3) is 5.04. The summed E-state index contributed by atoms with van der Waals surface area (Å²) in [6.45, 7) is 4.04. The fourth-order valence-electron chi connectivity index (χ4n) is 2.93. The van der Waals surface area contributed by atoms with Gasteiger partial charge in [-0.25, -0.2) is 4.98 Å². The molecular weight excluding hydrogens is 370 g/mol. The van der Waals surface area contributed by atoms with Gasteiger partial charge in [-0.1, -0.05) is 55.5 Å². The fourth-order valence-corrected chi connectivity index (χ4v) is 3.85. The van der Waals surface area contributed by atoms with Crippen LogP contribution in [0.25, 0.3) is 0 Å². The van der Waals surface area contributed by atoms with E-state index in [0.717, 1.165) is 22.6 Å². The van der Waals surface area contributed by atoms with Crippen LogP contribution in [0.15, 0.2) is 60.7 Å². The van der Waals surface area contributed by atoms with Crippen LogP contribution in [0.1, 0.15) is 45.9 Å². The molecule has 5 nitrogen and oxygen atoms in total. The second-order valence-corrected chi connectivity index (χ2v) is 7.63. The van der Waals surface area contributed by atoms with Crippen molar-refractivity contribution in [2.75, 3.05) is 5.32 Å². The van der Waals surface area contributed by atoms with Gasteiger partial charge in [-0.15, -0.1) is 11.3 Å². The number of hydrogen-bond acceptors (Lipinski definition) is 4. The molecule has 1 atom stereocenters. The van der Waals surface area contributed by atoms with Gasteiger partial charge in [0.25, 0.3) is 5.91 Å². The van der Waals surface area contributed by atoms with E-state index < -0.39 is 6.04 Å². The molecular formula is C22H23N3O2S. The van der Waals surface area contributed by atoms with Gasteiger partial charge < -0.3 is 10.6 Å². The van der Waals surface area contributed by atoms with E-state index in [-0.39, 0.29) is 18.2 Å². The number of hydrogen-bond donors (Lipinski definition) is 2. The van der Waals surface area contributed by atoms with Gasteiger partial charge in [-0.3, -0.25) is 9.59 Å². The molecule has 144 valence electrons. The van der Waals surface area contributed by atoms with Gasteiger partial charge in [0.15, 0.2) is 5.13 Å². The Morgan fingerprint density at radius 1 is 1.04 bits per heavy atom. The summed E-state index contributed by atoms with van der Waals surface area (Å²) < 4.78 is 0. The standard InChI is InChI=1S/C22H23N3O2S/c1-3-18-15(2)28-22(24-18)25-20(26)14-19(16-10-6-4-7-11-16)23-21(27)17-12-8-5-9-13-17/h4-13,19H,3,14H2,1-2H3,(H,23,27)(H,24,25,26). The molecule has 0 radical (unpaired) electrons. The van der Waals surface area contributed by atoms with E-state index in [1.165, 1.54) is 11.3 Å². The van der Waals surface area contributed by atoms with Crippen molar-refractivity contribution < 1.29 is 9.59 Å². The molecule has 2 N–H and O–H groups in total. The fraction of sp³-hybridized carbons (Fsp3) is 0.227. The molecule has 0 spiro atoms. The molecule has 0 aliphatic heterocycles. The lowest BCUT2D eigenvalue weighted by Crippen LogP contribution is -2.31. The maximum Gasteiger partial charge on any atom is 0.251 e. The van der Waals surface area contributed by atoms with Crippen molar-refractivity contribution in [3.8, 4) is 0 Å². The number of benzene rings is 2. The van der Waals surface area contributed by atoms with Gasteiger partial charge in [0.05, 0.1) is 18.2 Å². The van der Waals surface area contributed by atoms with E-state index in [1.54, 1.807) is 12.1 Å². The minimum atomic E-state index is -0.430. The van der Waals surface area contributed by atoms with Crippen molar-refractivity contribution in [2.45, 2.75) is 32.7 Å². The van der Waals surface area contributed by atoms with Crippen molar-refractivity contribution in [2.24, 2.45) is 0 Å². The average molecular weight is 394 g/mol. The molecule has 0 fully saturated rings. The van der Waals surface area contributed by atoms with Crippen LogP contribution in [0.2, 0.25) is 0 Å². The zero-order valence-electron chi connectivity index (χ0n) is 15.9. The Bertz CT molecular complexity index is 939. The molecule has 0 bridgehead atoms. The monoisotopic (exact) mass is 393 g/mol. The van der Waals surface area contributed by atoms with E-state index in [2.05, 4.69) is 15.6 Å². The van der Waals surface area contributed by atoms with Crippen LogP contribution in [0.3, 0.4) is 0 Å². The molecule has 0 aliphatic carbocycles. The number of aryl methyl sites for hydroxylation is 2. The summed E-state index contributed by atoms with van der Waals surface area (Å²) in [5.41, 5.74) is 2.44. The lowest BCUT2D eigenvalue weighted by atomic mass is 10.0. The normalized spacial score (nSPS) is 11.6. The van der Waals surface area contributed by atoms with Crippen molar-refractivity contribution in [1.82, 2.24) is 10.3 Å². The Kier molecular flexibility index (Phi) is 6.55. The molecule has 6 heteroatoms. The van der Waals surface area contributed by atoms with Gasteiger partial charge >= 0.3 is 0 Å². The number of nitrogens with one attached hydrogen (secondary N) is 2. The molecule has 3 rings (SSSR count). The minimum Gasteiger partial charge on any atom is -0.345 e. The van der Waals surface area contributed by atoms with Gasteiger partial charge in [0, 0.05) is 10.4 Å². The lowest BCUT2D eigenvalue weighted by molar-refractivity contribution is -0.116. The highest BCUT2D eigenvalue weighted by Crippen LogP contribution is 2.24. The Morgan fingerprint density at radius 2 is 1.68 bits per heavy atom. The van der Waals surface area contributed by atoms with Crippen LogP contribution in [-0.4, -0.2) is 16.8 Å². The molecule has 1 heterocycles. The number of anilines is 1. The Morgan fingerprint density at radius 3 is 2.29 bits per heavy atom. The summed E-state index contributed by atoms with van der Waals surface area (Å²) in [4.78, 5) is 30.8. The van der Waals surface area contributed by atoms with Crippen LogP contribution < -0.4 is 10.6 Å². The van der Waals surface area contributed by atoms with Crippen LogP contribution in [0.5, 0.6) is 0 Å². The third-order valence-corrected chi connectivity index (χ3v) is 5.34. The number of aromatic nitrogens is 1. The molecule has 2 aromatic carbocycles. The van der Waals surface area contributed by atoms with Crippen molar-refractivity contribution in [3.63, 3.8) is 0 Å². The highest BCUT2D eigenvalue weighted by atomic mass is 32.1. The summed E-state index contributed by atoms with van der Waals surface area (Å²) in [5.74, 6) is -0.390. The first-order valence-electron chi connectivity index (χ1n) is 9.23. The van der Waals surface area contributed by atoms with Crippen molar-refractivity contribution >= 4 is 28.3 Å². The topological polar surface area (TPSA) is 71.1 Å². The molecule has 3 aromatic rings. The van der Waals surface area contributed by atoms with Gasteiger partial charge in [-0.05, 0) is 31.0 Å². The molecule has 28 heavy (non-hydrogen) atoms. The highest BCUT2D eigenvalue weighted by molar-refractivity contribution is 7.15. The second-order valence-electron chi connectivity index (χ2n) is 6.43. The molecule has 0 saturated carbocycles. The minimum absolute atomic E-state index is 0.128. The quantitative estimate of drug-likeness (QED) is 0.620. The number of carbonyl (C=O) groups is 2. The first-order chi connectivity index (χ1) is 13.6. The summed E-state index contributed by atoms with van der Waals surface area (Å²) in [5, 5.41) is 6.44. The molecule has 2 amide bonds. The van der Waals surface area contributed by atoms with Crippen LogP contribution in [-0.2, 0) is 11.2 Å². The number of carbonyl (C=O) groups excluding carboxylic acids is 2. The first-order valence-corrected chi connectivity index (χ1v) is 10.1. The van der Waals surface area contributed by atoms with Crippen LogP contribution in [0, 0.1) is 6.92 Å². The maximum atomic E-state index is 12.6. The summed E-state index contributed by atoms with van der Waals surface area (Å²) in [6.07, 6.45) is 0.959.